The number of hydrogen-bond acceptors (Lipinski definition) is 2. The Kier molecular flexibility index (Phi) is 2.45. The lowest BCUT2D eigenvalue weighted by Crippen LogP contribution is -2.24. The smallest absolute Gasteiger partial charge is 0.328 e. The van der Waals surface area contributed by atoms with Crippen LogP contribution < -0.4 is 5.69 Å². The molecule has 5 nitrogen and oxygen atoms in total. The summed E-state index contributed by atoms with van der Waals surface area (Å²) < 4.78 is 5.27. The van der Waals surface area contributed by atoms with Gasteiger partial charge in [0.1, 0.15) is 0 Å². The Morgan fingerprint density at radius 1 is 1.33 bits per heavy atom. The van der Waals surface area contributed by atoms with Crippen LogP contribution in [0.1, 0.15) is 12.6 Å². The minimum atomic E-state index is 0.0266. The van der Waals surface area contributed by atoms with Crippen molar-refractivity contribution in [1.29, 1.82) is 0 Å². The van der Waals surface area contributed by atoms with Crippen LogP contribution >= 0.6 is 0 Å². The number of aryl methyl sites for hydroxylation is 2. The first-order chi connectivity index (χ1) is 7.22. The maximum absolute atomic E-state index is 11.7. The van der Waals surface area contributed by atoms with E-state index in [1.807, 2.05) is 18.5 Å². The standard InChI is InChI=1S/C10H14N4O/c1-3-13-4-5-14(10(13)15)7-9-6-11-8-12(9)2/h4-6,8H,3,7H2,1-2H3. The van der Waals surface area contributed by atoms with Crippen molar-refractivity contribution in [3.05, 3.63) is 41.1 Å². The van der Waals surface area contributed by atoms with Gasteiger partial charge in [0.05, 0.1) is 18.6 Å². The molecule has 5 heteroatoms. The van der Waals surface area contributed by atoms with Gasteiger partial charge in [0, 0.05) is 32.2 Å². The molecule has 80 valence electrons. The molecule has 0 aromatic carbocycles. The summed E-state index contributed by atoms with van der Waals surface area (Å²) >= 11 is 0. The zero-order valence-corrected chi connectivity index (χ0v) is 8.92. The van der Waals surface area contributed by atoms with Gasteiger partial charge in [-0.3, -0.25) is 9.13 Å². The SMILES string of the molecule is CCn1ccn(Cc2cncn2C)c1=O. The predicted octanol–water partition coefficient (Wildman–Crippen LogP) is 0.452. The first-order valence-electron chi connectivity index (χ1n) is 4.93. The third kappa shape index (κ3) is 1.72. The summed E-state index contributed by atoms with van der Waals surface area (Å²) in [5.74, 6) is 0. The third-order valence-corrected chi connectivity index (χ3v) is 2.51. The first kappa shape index (κ1) is 9.76. The Balaban J connectivity index is 2.29. The van der Waals surface area contributed by atoms with Crippen molar-refractivity contribution in [3.63, 3.8) is 0 Å². The number of imidazole rings is 2. The van der Waals surface area contributed by atoms with Crippen LogP contribution in [0.3, 0.4) is 0 Å². The van der Waals surface area contributed by atoms with E-state index < -0.39 is 0 Å². The number of hydrogen-bond donors (Lipinski definition) is 0. The quantitative estimate of drug-likeness (QED) is 0.732. The van der Waals surface area contributed by atoms with Crippen LogP contribution in [0.15, 0.2) is 29.7 Å². The summed E-state index contributed by atoms with van der Waals surface area (Å²) in [4.78, 5) is 15.7. The monoisotopic (exact) mass is 206 g/mol. The molecule has 2 heterocycles. The van der Waals surface area contributed by atoms with Crippen LogP contribution in [-0.4, -0.2) is 18.7 Å². The fraction of sp³-hybridized carbons (Fsp3) is 0.400. The van der Waals surface area contributed by atoms with Crippen molar-refractivity contribution in [2.75, 3.05) is 0 Å². The zero-order valence-electron chi connectivity index (χ0n) is 8.92. The summed E-state index contributed by atoms with van der Waals surface area (Å²) in [6.45, 7) is 3.23. The van der Waals surface area contributed by atoms with Crippen molar-refractivity contribution in [2.24, 2.45) is 7.05 Å². The van der Waals surface area contributed by atoms with Crippen molar-refractivity contribution in [2.45, 2.75) is 20.0 Å². The predicted molar refractivity (Wildman–Crippen MR) is 56.7 cm³/mol. The summed E-state index contributed by atoms with van der Waals surface area (Å²) in [6, 6.07) is 0. The van der Waals surface area contributed by atoms with Crippen LogP contribution in [0.4, 0.5) is 0 Å². The molecule has 0 aliphatic carbocycles. The van der Waals surface area contributed by atoms with Gasteiger partial charge in [0.25, 0.3) is 0 Å². The summed E-state index contributed by atoms with van der Waals surface area (Å²) in [7, 11) is 1.92. The van der Waals surface area contributed by atoms with E-state index in [2.05, 4.69) is 4.98 Å². The van der Waals surface area contributed by atoms with Gasteiger partial charge in [0.15, 0.2) is 0 Å². The summed E-state index contributed by atoms with van der Waals surface area (Å²) in [5, 5.41) is 0. The van der Waals surface area contributed by atoms with Gasteiger partial charge < -0.3 is 4.57 Å². The second-order valence-corrected chi connectivity index (χ2v) is 3.49. The summed E-state index contributed by atoms with van der Waals surface area (Å²) in [6.07, 6.45) is 7.12. The largest absolute Gasteiger partial charge is 0.336 e. The molecule has 0 aliphatic rings. The molecule has 0 atom stereocenters. The summed E-state index contributed by atoms with van der Waals surface area (Å²) in [5.41, 5.74) is 1.05. The van der Waals surface area contributed by atoms with Gasteiger partial charge in [-0.05, 0) is 6.92 Å². The molecular formula is C10H14N4O. The average Bonchev–Trinajstić information content (AvgIpc) is 2.77. The maximum atomic E-state index is 11.7. The molecule has 2 rings (SSSR count). The van der Waals surface area contributed by atoms with E-state index in [1.54, 1.807) is 34.1 Å². The highest BCUT2D eigenvalue weighted by Crippen LogP contribution is 1.98. The van der Waals surface area contributed by atoms with E-state index in [-0.39, 0.29) is 5.69 Å². The van der Waals surface area contributed by atoms with E-state index >= 15 is 0 Å². The minimum absolute atomic E-state index is 0.0266. The molecule has 0 saturated carbocycles. The van der Waals surface area contributed by atoms with Crippen LogP contribution in [-0.2, 0) is 20.1 Å². The Bertz CT molecular complexity index is 505. The topological polar surface area (TPSA) is 44.8 Å². The van der Waals surface area contributed by atoms with E-state index in [0.29, 0.717) is 13.1 Å². The van der Waals surface area contributed by atoms with Gasteiger partial charge in [-0.25, -0.2) is 9.78 Å². The highest BCUT2D eigenvalue weighted by molar-refractivity contribution is 4.99. The second-order valence-electron chi connectivity index (χ2n) is 3.49. The number of nitrogens with zero attached hydrogens (tertiary/aromatic N) is 4. The highest BCUT2D eigenvalue weighted by atomic mass is 16.1. The number of rotatable bonds is 3. The Morgan fingerprint density at radius 3 is 2.60 bits per heavy atom. The molecule has 0 saturated heterocycles. The Morgan fingerprint density at radius 2 is 2.07 bits per heavy atom. The van der Waals surface area contributed by atoms with Crippen molar-refractivity contribution < 1.29 is 0 Å². The van der Waals surface area contributed by atoms with Gasteiger partial charge >= 0.3 is 5.69 Å². The minimum Gasteiger partial charge on any atom is -0.336 e. The fourth-order valence-corrected chi connectivity index (χ4v) is 1.53. The van der Waals surface area contributed by atoms with E-state index in [0.717, 1.165) is 5.69 Å². The molecule has 0 fully saturated rings. The van der Waals surface area contributed by atoms with Crippen molar-refractivity contribution >= 4 is 0 Å². The lowest BCUT2D eigenvalue weighted by Gasteiger charge is -2.02. The molecule has 0 amide bonds. The highest BCUT2D eigenvalue weighted by Gasteiger charge is 2.04. The molecule has 0 unspecified atom stereocenters. The lowest BCUT2D eigenvalue weighted by molar-refractivity contribution is 0.648. The first-order valence-corrected chi connectivity index (χ1v) is 4.93. The molecule has 2 aromatic rings. The molecule has 15 heavy (non-hydrogen) atoms. The number of aromatic nitrogens is 4. The van der Waals surface area contributed by atoms with E-state index in [1.165, 1.54) is 0 Å². The van der Waals surface area contributed by atoms with Crippen molar-refractivity contribution in [3.8, 4) is 0 Å². The Labute approximate surface area is 87.6 Å². The second kappa shape index (κ2) is 3.76. The van der Waals surface area contributed by atoms with E-state index in [9.17, 15) is 4.79 Å². The zero-order chi connectivity index (χ0) is 10.8. The van der Waals surface area contributed by atoms with Crippen LogP contribution in [0, 0.1) is 0 Å². The molecule has 0 aliphatic heterocycles. The van der Waals surface area contributed by atoms with Crippen LogP contribution in [0.25, 0.3) is 0 Å². The van der Waals surface area contributed by atoms with Crippen LogP contribution in [0.2, 0.25) is 0 Å². The third-order valence-electron chi connectivity index (χ3n) is 2.51. The van der Waals surface area contributed by atoms with Crippen LogP contribution in [0.5, 0.6) is 0 Å². The molecule has 0 bridgehead atoms. The fourth-order valence-electron chi connectivity index (χ4n) is 1.53. The molecule has 0 spiro atoms. The lowest BCUT2D eigenvalue weighted by atomic mass is 10.4. The molecule has 0 N–H and O–H groups in total. The molecular weight excluding hydrogens is 192 g/mol. The van der Waals surface area contributed by atoms with E-state index in [4.69, 9.17) is 0 Å². The van der Waals surface area contributed by atoms with Gasteiger partial charge in [-0.2, -0.15) is 0 Å². The van der Waals surface area contributed by atoms with Crippen molar-refractivity contribution in [1.82, 2.24) is 18.7 Å². The van der Waals surface area contributed by atoms with Gasteiger partial charge in [0.2, 0.25) is 0 Å². The molecule has 2 aromatic heterocycles. The normalized spacial score (nSPS) is 10.8. The van der Waals surface area contributed by atoms with Gasteiger partial charge in [-0.1, -0.05) is 0 Å². The van der Waals surface area contributed by atoms with Gasteiger partial charge in [-0.15, -0.1) is 0 Å². The molecule has 0 radical (unpaired) electrons. The average molecular weight is 206 g/mol. The maximum Gasteiger partial charge on any atom is 0.328 e. The Hall–Kier alpha value is -1.78.